The molecule has 25 heavy (non-hydrogen) atoms. The number of amides is 1. The maximum Gasteiger partial charge on any atom is 0.225 e. The van der Waals surface area contributed by atoms with Gasteiger partial charge in [0, 0.05) is 54.9 Å². The van der Waals surface area contributed by atoms with Crippen LogP contribution in [0.5, 0.6) is 0 Å². The Bertz CT molecular complexity index is 559. The lowest BCUT2D eigenvalue weighted by Crippen LogP contribution is -2.52. The number of anilines is 1. The smallest absolute Gasteiger partial charge is 0.225 e. The van der Waals surface area contributed by atoms with Gasteiger partial charge in [0.25, 0.3) is 0 Å². The van der Waals surface area contributed by atoms with Gasteiger partial charge in [-0.15, -0.1) is 0 Å². The van der Waals surface area contributed by atoms with E-state index in [0.29, 0.717) is 18.0 Å². The van der Waals surface area contributed by atoms with Crippen LogP contribution in [0.1, 0.15) is 39.5 Å². The Morgan fingerprint density at radius 1 is 1.04 bits per heavy atom. The van der Waals surface area contributed by atoms with Gasteiger partial charge in [0.1, 0.15) is 0 Å². The zero-order valence-electron chi connectivity index (χ0n) is 15.4. The molecule has 1 saturated heterocycles. The molecule has 0 atom stereocenters. The lowest BCUT2D eigenvalue weighted by Gasteiger charge is -2.39. The number of nitrogens with one attached hydrogen (secondary N) is 1. The highest BCUT2D eigenvalue weighted by Gasteiger charge is 2.31. The molecular weight excluding hydrogens is 334 g/mol. The maximum atomic E-state index is 12.8. The summed E-state index contributed by atoms with van der Waals surface area (Å²) in [5.41, 5.74) is 1.11. The van der Waals surface area contributed by atoms with Crippen LogP contribution in [0.4, 0.5) is 5.69 Å². The molecule has 0 unspecified atom stereocenters. The Hall–Kier alpha value is -1.26. The number of hydrogen-bond acceptors (Lipinski definition) is 3. The first-order chi connectivity index (χ1) is 12.0. The van der Waals surface area contributed by atoms with Gasteiger partial charge in [-0.3, -0.25) is 9.69 Å². The van der Waals surface area contributed by atoms with E-state index < -0.39 is 0 Å². The van der Waals surface area contributed by atoms with Crippen LogP contribution in [0, 0.1) is 5.92 Å². The second kappa shape index (κ2) is 8.41. The van der Waals surface area contributed by atoms with Crippen molar-refractivity contribution in [2.75, 3.05) is 31.5 Å². The number of carbonyl (C=O) groups excluding carboxylic acids is 1. The molecule has 1 heterocycles. The average Bonchev–Trinajstić information content (AvgIpc) is 2.64. The molecule has 0 aromatic heterocycles. The van der Waals surface area contributed by atoms with Crippen LogP contribution < -0.4 is 5.32 Å². The topological polar surface area (TPSA) is 35.6 Å². The minimum atomic E-state index is 0.217. The van der Waals surface area contributed by atoms with Crippen LogP contribution in [0.3, 0.4) is 0 Å². The Morgan fingerprint density at radius 3 is 2.20 bits per heavy atom. The Labute approximate surface area is 156 Å². The number of halogens is 1. The first-order valence-corrected chi connectivity index (χ1v) is 9.95. The fourth-order valence-corrected chi connectivity index (χ4v) is 4.11. The molecule has 4 nitrogen and oxygen atoms in total. The van der Waals surface area contributed by atoms with Gasteiger partial charge in [0.05, 0.1) is 0 Å². The van der Waals surface area contributed by atoms with Gasteiger partial charge < -0.3 is 10.2 Å². The Kier molecular flexibility index (Phi) is 6.24. The van der Waals surface area contributed by atoms with Gasteiger partial charge in [-0.05, 0) is 63.8 Å². The molecule has 1 amide bonds. The van der Waals surface area contributed by atoms with E-state index in [9.17, 15) is 4.79 Å². The third-order valence-corrected chi connectivity index (χ3v) is 5.90. The number of nitrogens with zero attached hydrogens (tertiary/aromatic N) is 2. The van der Waals surface area contributed by atoms with Crippen molar-refractivity contribution in [1.29, 1.82) is 0 Å². The molecule has 2 aliphatic rings. The van der Waals surface area contributed by atoms with E-state index >= 15 is 0 Å². The third kappa shape index (κ3) is 4.89. The van der Waals surface area contributed by atoms with Gasteiger partial charge in [0.2, 0.25) is 5.91 Å². The monoisotopic (exact) mass is 363 g/mol. The second-order valence-corrected chi connectivity index (χ2v) is 8.09. The summed E-state index contributed by atoms with van der Waals surface area (Å²) in [5.74, 6) is 0.599. The highest BCUT2D eigenvalue weighted by atomic mass is 35.5. The molecule has 1 aliphatic carbocycles. The summed E-state index contributed by atoms with van der Waals surface area (Å²) >= 11 is 5.94. The summed E-state index contributed by atoms with van der Waals surface area (Å²) in [7, 11) is 0. The fraction of sp³-hybridized carbons (Fsp3) is 0.650. The quantitative estimate of drug-likeness (QED) is 0.882. The summed E-state index contributed by atoms with van der Waals surface area (Å²) in [4.78, 5) is 17.4. The van der Waals surface area contributed by atoms with Crippen molar-refractivity contribution >= 4 is 23.2 Å². The predicted molar refractivity (Wildman–Crippen MR) is 104 cm³/mol. The first-order valence-electron chi connectivity index (χ1n) is 9.58. The third-order valence-electron chi connectivity index (χ3n) is 5.65. The molecule has 2 fully saturated rings. The van der Waals surface area contributed by atoms with Crippen molar-refractivity contribution < 1.29 is 4.79 Å². The normalized spacial score (nSPS) is 25.2. The molecule has 1 saturated carbocycles. The molecule has 1 aromatic carbocycles. The SMILES string of the molecule is CC(C)N1CCN(C(=O)[C@H]2CC[C@@H](Nc3ccc(Cl)cc3)CC2)CC1. The van der Waals surface area contributed by atoms with Crippen LogP contribution in [-0.2, 0) is 4.79 Å². The van der Waals surface area contributed by atoms with E-state index in [0.717, 1.165) is 62.6 Å². The first kappa shape index (κ1) is 18.5. The molecule has 1 aromatic rings. The van der Waals surface area contributed by atoms with Crippen LogP contribution in [-0.4, -0.2) is 54.0 Å². The standard InChI is InChI=1S/C20H30ClN3O/c1-15(2)23-11-13-24(14-12-23)20(25)16-3-7-18(8-4-16)22-19-9-5-17(21)6-10-19/h5-6,9-10,15-16,18,22H,3-4,7-8,11-14H2,1-2H3/t16-,18+. The molecule has 5 heteroatoms. The number of hydrogen-bond donors (Lipinski definition) is 1. The summed E-state index contributed by atoms with van der Waals surface area (Å²) in [6, 6.07) is 8.91. The highest BCUT2D eigenvalue weighted by molar-refractivity contribution is 6.30. The number of piperazine rings is 1. The predicted octanol–water partition coefficient (Wildman–Crippen LogP) is 3.86. The molecule has 0 spiro atoms. The largest absolute Gasteiger partial charge is 0.382 e. The van der Waals surface area contributed by atoms with Crippen LogP contribution in [0.25, 0.3) is 0 Å². The van der Waals surface area contributed by atoms with E-state index in [1.807, 2.05) is 24.3 Å². The average molecular weight is 364 g/mol. The summed E-state index contributed by atoms with van der Waals surface area (Å²) in [6.45, 7) is 8.26. The van der Waals surface area contributed by atoms with Gasteiger partial charge >= 0.3 is 0 Å². The molecule has 1 N–H and O–H groups in total. The molecule has 0 radical (unpaired) electrons. The Balaban J connectivity index is 1.44. The lowest BCUT2D eigenvalue weighted by atomic mass is 9.85. The van der Waals surface area contributed by atoms with E-state index in [2.05, 4.69) is 29.0 Å². The summed E-state index contributed by atoms with van der Waals surface area (Å²) in [5, 5.41) is 4.34. The van der Waals surface area contributed by atoms with Crippen LogP contribution in [0.2, 0.25) is 5.02 Å². The molecule has 3 rings (SSSR count). The summed E-state index contributed by atoms with van der Waals surface area (Å²) < 4.78 is 0. The van der Waals surface area contributed by atoms with Gasteiger partial charge in [-0.25, -0.2) is 0 Å². The number of carbonyl (C=O) groups is 1. The zero-order valence-corrected chi connectivity index (χ0v) is 16.1. The number of rotatable bonds is 4. The lowest BCUT2D eigenvalue weighted by molar-refractivity contribution is -0.138. The van der Waals surface area contributed by atoms with Gasteiger partial charge in [0.15, 0.2) is 0 Å². The zero-order chi connectivity index (χ0) is 17.8. The molecular formula is C20H30ClN3O. The van der Waals surface area contributed by atoms with Crippen molar-refractivity contribution in [2.24, 2.45) is 5.92 Å². The van der Waals surface area contributed by atoms with Crippen molar-refractivity contribution in [3.05, 3.63) is 29.3 Å². The van der Waals surface area contributed by atoms with E-state index in [1.165, 1.54) is 0 Å². The highest BCUT2D eigenvalue weighted by Crippen LogP contribution is 2.29. The minimum Gasteiger partial charge on any atom is -0.382 e. The van der Waals surface area contributed by atoms with Crippen LogP contribution >= 0.6 is 11.6 Å². The van der Waals surface area contributed by atoms with Crippen molar-refractivity contribution in [1.82, 2.24) is 9.80 Å². The van der Waals surface area contributed by atoms with E-state index in [4.69, 9.17) is 11.6 Å². The van der Waals surface area contributed by atoms with Crippen LogP contribution in [0.15, 0.2) is 24.3 Å². The minimum absolute atomic E-state index is 0.217. The van der Waals surface area contributed by atoms with E-state index in [-0.39, 0.29) is 5.92 Å². The number of benzene rings is 1. The van der Waals surface area contributed by atoms with Gasteiger partial charge in [-0.2, -0.15) is 0 Å². The van der Waals surface area contributed by atoms with Crippen molar-refractivity contribution in [3.63, 3.8) is 0 Å². The van der Waals surface area contributed by atoms with Crippen molar-refractivity contribution in [2.45, 2.75) is 51.6 Å². The Morgan fingerprint density at radius 2 is 1.64 bits per heavy atom. The fourth-order valence-electron chi connectivity index (χ4n) is 3.98. The molecule has 138 valence electrons. The summed E-state index contributed by atoms with van der Waals surface area (Å²) in [6.07, 6.45) is 4.11. The molecule has 0 bridgehead atoms. The second-order valence-electron chi connectivity index (χ2n) is 7.65. The maximum absolute atomic E-state index is 12.8. The van der Waals surface area contributed by atoms with Crippen molar-refractivity contribution in [3.8, 4) is 0 Å². The molecule has 1 aliphatic heterocycles. The van der Waals surface area contributed by atoms with Gasteiger partial charge in [-0.1, -0.05) is 11.6 Å². The van der Waals surface area contributed by atoms with E-state index in [1.54, 1.807) is 0 Å².